The van der Waals surface area contributed by atoms with Crippen molar-refractivity contribution in [3.05, 3.63) is 99.8 Å². The number of nitrogens with zero attached hydrogens (tertiary/aromatic N) is 2. The molecule has 0 aromatic heterocycles. The van der Waals surface area contributed by atoms with Gasteiger partial charge in [0.2, 0.25) is 21.8 Å². The minimum Gasteiger partial charge on any atom is -0.357 e. The minimum atomic E-state index is -3.87. The first-order valence-electron chi connectivity index (χ1n) is 11.5. The van der Waals surface area contributed by atoms with Gasteiger partial charge in [-0.1, -0.05) is 64.5 Å². The van der Waals surface area contributed by atoms with Crippen LogP contribution >= 0.6 is 15.9 Å². The second-order valence-corrected chi connectivity index (χ2v) is 11.4. The molecule has 0 saturated heterocycles. The highest BCUT2D eigenvalue weighted by molar-refractivity contribution is 9.10. The highest BCUT2D eigenvalue weighted by atomic mass is 79.9. The van der Waals surface area contributed by atoms with E-state index >= 15 is 0 Å². The van der Waals surface area contributed by atoms with Gasteiger partial charge in [-0.2, -0.15) is 0 Å². The molecule has 0 aliphatic rings. The Labute approximate surface area is 225 Å². The predicted octanol–water partition coefficient (Wildman–Crippen LogP) is 4.05. The molecule has 7 nitrogen and oxygen atoms in total. The molecule has 0 bridgehead atoms. The van der Waals surface area contributed by atoms with Gasteiger partial charge in [-0.05, 0) is 42.3 Å². The molecule has 3 aromatic rings. The monoisotopic (exact) mass is 589 g/mol. The van der Waals surface area contributed by atoms with Crippen LogP contribution in [-0.2, 0) is 32.6 Å². The number of carbonyl (C=O) groups excluding carboxylic acids is 2. The van der Waals surface area contributed by atoms with E-state index in [0.717, 1.165) is 26.2 Å². The first-order chi connectivity index (χ1) is 17.5. The lowest BCUT2D eigenvalue weighted by Gasteiger charge is -2.33. The zero-order chi connectivity index (χ0) is 27.2. The third-order valence-electron chi connectivity index (χ3n) is 5.92. The van der Waals surface area contributed by atoms with E-state index in [1.54, 1.807) is 24.3 Å². The standard InChI is InChI=1S/C27H29BrFN3O4S/c1-19-15-22(13-14-23(19)28)32(37(3,35)36)18-26(33)31(17-21-11-7-8-12-24(21)29)25(27(34)30-2)16-20-9-5-4-6-10-20/h4-15,25H,16-18H2,1-3H3,(H,30,34)/t25-/m1/s1. The van der Waals surface area contributed by atoms with Crippen LogP contribution in [-0.4, -0.2) is 51.0 Å². The number of hydrogen-bond donors (Lipinski definition) is 1. The number of anilines is 1. The Bertz CT molecular complexity index is 1370. The van der Waals surface area contributed by atoms with Crippen LogP contribution in [0.5, 0.6) is 0 Å². The second kappa shape index (κ2) is 12.3. The molecule has 1 N–H and O–H groups in total. The maximum absolute atomic E-state index is 14.6. The van der Waals surface area contributed by atoms with Gasteiger partial charge in [0.25, 0.3) is 0 Å². The molecule has 0 saturated carbocycles. The zero-order valence-corrected chi connectivity index (χ0v) is 23.2. The fraction of sp³-hybridized carbons (Fsp3) is 0.259. The largest absolute Gasteiger partial charge is 0.357 e. The van der Waals surface area contributed by atoms with Gasteiger partial charge in [0, 0.05) is 30.0 Å². The molecule has 3 rings (SSSR count). The van der Waals surface area contributed by atoms with Crippen molar-refractivity contribution >= 4 is 43.5 Å². The predicted molar refractivity (Wildman–Crippen MR) is 146 cm³/mol. The molecule has 0 spiro atoms. The van der Waals surface area contributed by atoms with Crippen molar-refractivity contribution in [1.82, 2.24) is 10.2 Å². The summed E-state index contributed by atoms with van der Waals surface area (Å²) in [7, 11) is -2.41. The Hall–Kier alpha value is -3.24. The Morgan fingerprint density at radius 1 is 1.03 bits per heavy atom. The topological polar surface area (TPSA) is 86.8 Å². The summed E-state index contributed by atoms with van der Waals surface area (Å²) < 4.78 is 41.9. The van der Waals surface area contributed by atoms with E-state index in [4.69, 9.17) is 0 Å². The molecule has 0 fully saturated rings. The maximum Gasteiger partial charge on any atom is 0.244 e. The van der Waals surface area contributed by atoms with Crippen LogP contribution in [0.3, 0.4) is 0 Å². The third-order valence-corrected chi connectivity index (χ3v) is 7.96. The van der Waals surface area contributed by atoms with Crippen molar-refractivity contribution < 1.29 is 22.4 Å². The number of benzene rings is 3. The number of rotatable bonds is 10. The van der Waals surface area contributed by atoms with E-state index in [1.807, 2.05) is 37.3 Å². The van der Waals surface area contributed by atoms with Gasteiger partial charge < -0.3 is 10.2 Å². The van der Waals surface area contributed by atoms with Crippen LogP contribution < -0.4 is 9.62 Å². The van der Waals surface area contributed by atoms with E-state index in [2.05, 4.69) is 21.2 Å². The van der Waals surface area contributed by atoms with Crippen LogP contribution in [0.2, 0.25) is 0 Å². The highest BCUT2D eigenvalue weighted by Crippen LogP contribution is 2.25. The normalized spacial score (nSPS) is 12.0. The van der Waals surface area contributed by atoms with E-state index in [-0.39, 0.29) is 18.5 Å². The van der Waals surface area contributed by atoms with Gasteiger partial charge in [0.15, 0.2) is 0 Å². The van der Waals surface area contributed by atoms with E-state index < -0.39 is 40.2 Å². The second-order valence-electron chi connectivity index (χ2n) is 8.64. The average molecular weight is 591 g/mol. The SMILES string of the molecule is CNC(=O)[C@@H](Cc1ccccc1)N(Cc1ccccc1F)C(=O)CN(c1ccc(Br)c(C)c1)S(C)(=O)=O. The summed E-state index contributed by atoms with van der Waals surface area (Å²) in [5.41, 5.74) is 2.10. The Kier molecular flexibility index (Phi) is 9.45. The number of amides is 2. The van der Waals surface area contributed by atoms with Gasteiger partial charge in [0.1, 0.15) is 18.4 Å². The smallest absolute Gasteiger partial charge is 0.244 e. The fourth-order valence-corrected chi connectivity index (χ4v) is 5.02. The average Bonchev–Trinajstić information content (AvgIpc) is 2.86. The lowest BCUT2D eigenvalue weighted by atomic mass is 10.0. The van der Waals surface area contributed by atoms with Gasteiger partial charge in [-0.25, -0.2) is 12.8 Å². The van der Waals surface area contributed by atoms with Gasteiger partial charge in [-0.15, -0.1) is 0 Å². The first kappa shape index (κ1) is 28.3. The molecule has 1 atom stereocenters. The van der Waals surface area contributed by atoms with Crippen molar-refractivity contribution in [3.8, 4) is 0 Å². The Morgan fingerprint density at radius 3 is 2.27 bits per heavy atom. The van der Waals surface area contributed by atoms with Crippen LogP contribution in [0.25, 0.3) is 0 Å². The van der Waals surface area contributed by atoms with Gasteiger partial charge >= 0.3 is 0 Å². The van der Waals surface area contributed by atoms with E-state index in [9.17, 15) is 22.4 Å². The molecule has 0 aliphatic carbocycles. The lowest BCUT2D eigenvalue weighted by Crippen LogP contribution is -2.53. The number of nitrogens with one attached hydrogen (secondary N) is 1. The number of likely N-dealkylation sites (N-methyl/N-ethyl adjacent to an activating group) is 1. The van der Waals surface area contributed by atoms with Gasteiger partial charge in [-0.3, -0.25) is 13.9 Å². The fourth-order valence-electron chi connectivity index (χ4n) is 3.93. The van der Waals surface area contributed by atoms with Crippen molar-refractivity contribution in [3.63, 3.8) is 0 Å². The van der Waals surface area contributed by atoms with Crippen molar-refractivity contribution in [2.24, 2.45) is 0 Å². The summed E-state index contributed by atoms with van der Waals surface area (Å²) in [6, 6.07) is 19.1. The lowest BCUT2D eigenvalue weighted by molar-refractivity contribution is -0.139. The number of aryl methyl sites for hydroxylation is 1. The van der Waals surface area contributed by atoms with Crippen LogP contribution in [0.15, 0.2) is 77.3 Å². The molecule has 0 radical (unpaired) electrons. The van der Waals surface area contributed by atoms with Crippen molar-refractivity contribution in [2.45, 2.75) is 25.9 Å². The number of sulfonamides is 1. The molecular weight excluding hydrogens is 561 g/mol. The highest BCUT2D eigenvalue weighted by Gasteiger charge is 2.33. The maximum atomic E-state index is 14.6. The zero-order valence-electron chi connectivity index (χ0n) is 20.8. The van der Waals surface area contributed by atoms with Crippen LogP contribution in [0.1, 0.15) is 16.7 Å². The number of carbonyl (C=O) groups is 2. The Balaban J connectivity index is 2.05. The number of halogens is 2. The Morgan fingerprint density at radius 2 is 1.68 bits per heavy atom. The van der Waals surface area contributed by atoms with Crippen molar-refractivity contribution in [1.29, 1.82) is 0 Å². The molecule has 37 heavy (non-hydrogen) atoms. The summed E-state index contributed by atoms with van der Waals surface area (Å²) in [5, 5.41) is 2.59. The summed E-state index contributed by atoms with van der Waals surface area (Å²) in [5.74, 6) is -1.61. The summed E-state index contributed by atoms with van der Waals surface area (Å²) in [6.45, 7) is 1.03. The first-order valence-corrected chi connectivity index (χ1v) is 14.2. The molecule has 10 heteroatoms. The van der Waals surface area contributed by atoms with E-state index in [1.165, 1.54) is 30.1 Å². The van der Waals surface area contributed by atoms with Crippen molar-refractivity contribution in [2.75, 3.05) is 24.2 Å². The molecular formula is C27H29BrFN3O4S. The third kappa shape index (κ3) is 7.39. The minimum absolute atomic E-state index is 0.164. The van der Waals surface area contributed by atoms with Gasteiger partial charge in [0.05, 0.1) is 11.9 Å². The molecule has 196 valence electrons. The summed E-state index contributed by atoms with van der Waals surface area (Å²) in [4.78, 5) is 28.1. The molecule has 2 amide bonds. The van der Waals surface area contributed by atoms with Crippen LogP contribution in [0.4, 0.5) is 10.1 Å². The molecule has 0 aliphatic heterocycles. The molecule has 0 heterocycles. The van der Waals surface area contributed by atoms with E-state index in [0.29, 0.717) is 5.69 Å². The number of hydrogen-bond acceptors (Lipinski definition) is 4. The summed E-state index contributed by atoms with van der Waals surface area (Å²) >= 11 is 3.40. The van der Waals surface area contributed by atoms with Crippen LogP contribution in [0, 0.1) is 12.7 Å². The molecule has 0 unspecified atom stereocenters. The quantitative estimate of drug-likeness (QED) is 0.386. The summed E-state index contributed by atoms with van der Waals surface area (Å²) in [6.07, 6.45) is 1.18. The molecule has 3 aromatic carbocycles.